The second kappa shape index (κ2) is 6.42. The molecule has 3 rings (SSSR count). The average molecular weight is 316 g/mol. The SMILES string of the molecule is CO[C@@]1(COc2ccccc2C)CCN(C(=O)c2cnco2)C1. The van der Waals surface area contributed by atoms with Crippen molar-refractivity contribution in [2.24, 2.45) is 0 Å². The van der Waals surface area contributed by atoms with E-state index in [1.54, 1.807) is 12.0 Å². The minimum atomic E-state index is -0.502. The van der Waals surface area contributed by atoms with Gasteiger partial charge in [0.1, 0.15) is 18.0 Å². The quantitative estimate of drug-likeness (QED) is 0.847. The van der Waals surface area contributed by atoms with Crippen molar-refractivity contribution < 1.29 is 18.7 Å². The molecule has 0 saturated carbocycles. The molecule has 0 aliphatic carbocycles. The fourth-order valence-corrected chi connectivity index (χ4v) is 2.77. The van der Waals surface area contributed by atoms with Gasteiger partial charge in [0, 0.05) is 13.7 Å². The van der Waals surface area contributed by atoms with Crippen LogP contribution in [0.4, 0.5) is 0 Å². The van der Waals surface area contributed by atoms with Crippen molar-refractivity contribution in [3.63, 3.8) is 0 Å². The van der Waals surface area contributed by atoms with Gasteiger partial charge in [-0.2, -0.15) is 0 Å². The third kappa shape index (κ3) is 3.22. The normalized spacial score (nSPS) is 20.7. The van der Waals surface area contributed by atoms with Gasteiger partial charge in [0.2, 0.25) is 5.76 Å². The van der Waals surface area contributed by atoms with Crippen molar-refractivity contribution in [2.45, 2.75) is 18.9 Å². The number of nitrogens with zero attached hydrogens (tertiary/aromatic N) is 2. The van der Waals surface area contributed by atoms with E-state index in [-0.39, 0.29) is 11.7 Å². The summed E-state index contributed by atoms with van der Waals surface area (Å²) >= 11 is 0. The number of carbonyl (C=O) groups excluding carboxylic acids is 1. The first-order valence-electron chi connectivity index (χ1n) is 7.55. The molecule has 2 aromatic rings. The lowest BCUT2D eigenvalue weighted by Gasteiger charge is -2.28. The molecule has 1 aromatic heterocycles. The summed E-state index contributed by atoms with van der Waals surface area (Å²) in [4.78, 5) is 17.8. The number of oxazole rings is 1. The second-order valence-electron chi connectivity index (χ2n) is 5.78. The smallest absolute Gasteiger partial charge is 0.291 e. The number of hydrogen-bond acceptors (Lipinski definition) is 5. The van der Waals surface area contributed by atoms with Crippen molar-refractivity contribution in [3.05, 3.63) is 48.2 Å². The number of rotatable bonds is 5. The summed E-state index contributed by atoms with van der Waals surface area (Å²) in [7, 11) is 1.66. The maximum Gasteiger partial charge on any atom is 0.291 e. The molecule has 1 aromatic carbocycles. The molecule has 0 radical (unpaired) electrons. The molecule has 1 atom stereocenters. The molecular formula is C17H20N2O4. The number of amides is 1. The van der Waals surface area contributed by atoms with E-state index in [2.05, 4.69) is 4.98 Å². The standard InChI is InChI=1S/C17H20N2O4/c1-13-5-3-4-6-14(13)22-11-17(21-2)7-8-19(10-17)16(20)15-9-18-12-23-15/h3-6,9,12H,7-8,10-11H2,1-2H3/t17-/m0/s1. The number of aryl methyl sites for hydroxylation is 1. The Hall–Kier alpha value is -2.34. The van der Waals surface area contributed by atoms with Gasteiger partial charge in [0.25, 0.3) is 5.91 Å². The van der Waals surface area contributed by atoms with Crippen molar-refractivity contribution >= 4 is 5.91 Å². The Labute approximate surface area is 135 Å². The van der Waals surface area contributed by atoms with Crippen LogP contribution in [0.3, 0.4) is 0 Å². The molecule has 1 saturated heterocycles. The monoisotopic (exact) mass is 316 g/mol. The number of hydrogen-bond donors (Lipinski definition) is 0. The highest BCUT2D eigenvalue weighted by Crippen LogP contribution is 2.28. The van der Waals surface area contributed by atoms with Gasteiger partial charge in [-0.25, -0.2) is 4.98 Å². The zero-order valence-electron chi connectivity index (χ0n) is 13.3. The van der Waals surface area contributed by atoms with Crippen molar-refractivity contribution in [1.82, 2.24) is 9.88 Å². The van der Waals surface area contributed by atoms with E-state index in [4.69, 9.17) is 13.9 Å². The first-order valence-corrected chi connectivity index (χ1v) is 7.55. The lowest BCUT2D eigenvalue weighted by atomic mass is 10.0. The Morgan fingerprint density at radius 3 is 2.96 bits per heavy atom. The van der Waals surface area contributed by atoms with Gasteiger partial charge in [0.05, 0.1) is 12.7 Å². The average Bonchev–Trinajstić information content (AvgIpc) is 3.24. The van der Waals surface area contributed by atoms with Crippen molar-refractivity contribution in [2.75, 3.05) is 26.8 Å². The lowest BCUT2D eigenvalue weighted by Crippen LogP contribution is -2.42. The Kier molecular flexibility index (Phi) is 4.34. The van der Waals surface area contributed by atoms with Crippen LogP contribution in [-0.4, -0.2) is 48.2 Å². The van der Waals surface area contributed by atoms with E-state index in [1.807, 2.05) is 31.2 Å². The van der Waals surface area contributed by atoms with Crippen LogP contribution >= 0.6 is 0 Å². The van der Waals surface area contributed by atoms with E-state index < -0.39 is 5.60 Å². The first kappa shape index (κ1) is 15.6. The van der Waals surface area contributed by atoms with Gasteiger partial charge in [-0.1, -0.05) is 18.2 Å². The van der Waals surface area contributed by atoms with Gasteiger partial charge >= 0.3 is 0 Å². The van der Waals surface area contributed by atoms with Crippen LogP contribution in [0, 0.1) is 6.92 Å². The van der Waals surface area contributed by atoms with Crippen LogP contribution in [0.15, 0.2) is 41.3 Å². The molecule has 23 heavy (non-hydrogen) atoms. The summed E-state index contributed by atoms with van der Waals surface area (Å²) in [6.07, 6.45) is 3.41. The Bertz CT molecular complexity index is 671. The van der Waals surface area contributed by atoms with E-state index >= 15 is 0 Å². The van der Waals surface area contributed by atoms with E-state index in [9.17, 15) is 4.79 Å². The molecule has 1 amide bonds. The molecule has 1 fully saturated rings. The highest BCUT2D eigenvalue weighted by atomic mass is 16.5. The van der Waals surface area contributed by atoms with Gasteiger partial charge in [-0.05, 0) is 25.0 Å². The number of methoxy groups -OCH3 is 1. The summed E-state index contributed by atoms with van der Waals surface area (Å²) in [6, 6.07) is 7.85. The summed E-state index contributed by atoms with van der Waals surface area (Å²) in [5.74, 6) is 0.915. The maximum absolute atomic E-state index is 12.3. The molecule has 0 bridgehead atoms. The minimum Gasteiger partial charge on any atom is -0.490 e. The number of benzene rings is 1. The lowest BCUT2D eigenvalue weighted by molar-refractivity contribution is -0.0345. The molecule has 122 valence electrons. The summed E-state index contributed by atoms with van der Waals surface area (Å²) in [5.41, 5.74) is 0.573. The van der Waals surface area contributed by atoms with Gasteiger partial charge < -0.3 is 18.8 Å². The Morgan fingerprint density at radius 2 is 2.26 bits per heavy atom. The minimum absolute atomic E-state index is 0.169. The van der Waals surface area contributed by atoms with Crippen LogP contribution in [0.25, 0.3) is 0 Å². The van der Waals surface area contributed by atoms with Crippen molar-refractivity contribution in [1.29, 1.82) is 0 Å². The molecule has 1 aliphatic heterocycles. The second-order valence-corrected chi connectivity index (χ2v) is 5.78. The number of carbonyl (C=O) groups is 1. The molecule has 1 aliphatic rings. The molecule has 2 heterocycles. The largest absolute Gasteiger partial charge is 0.490 e. The first-order chi connectivity index (χ1) is 11.1. The highest BCUT2D eigenvalue weighted by Gasteiger charge is 2.42. The van der Waals surface area contributed by atoms with E-state index in [0.29, 0.717) is 19.7 Å². The van der Waals surface area contributed by atoms with E-state index in [1.165, 1.54) is 12.6 Å². The topological polar surface area (TPSA) is 64.8 Å². The highest BCUT2D eigenvalue weighted by molar-refractivity contribution is 5.91. The Morgan fingerprint density at radius 1 is 1.43 bits per heavy atom. The number of para-hydroxylation sites is 1. The third-order valence-electron chi connectivity index (χ3n) is 4.26. The summed E-state index contributed by atoms with van der Waals surface area (Å²) in [5, 5.41) is 0. The fraction of sp³-hybridized carbons (Fsp3) is 0.412. The number of ether oxygens (including phenoxy) is 2. The zero-order chi connectivity index (χ0) is 16.3. The van der Waals surface area contributed by atoms with Gasteiger partial charge in [0.15, 0.2) is 6.39 Å². The number of aromatic nitrogens is 1. The van der Waals surface area contributed by atoms with Crippen LogP contribution < -0.4 is 4.74 Å². The van der Waals surface area contributed by atoms with Gasteiger partial charge in [-0.3, -0.25) is 4.79 Å². The summed E-state index contributed by atoms with van der Waals surface area (Å²) in [6.45, 7) is 3.47. The van der Waals surface area contributed by atoms with E-state index in [0.717, 1.165) is 17.7 Å². The summed E-state index contributed by atoms with van der Waals surface area (Å²) < 4.78 is 16.7. The molecule has 0 unspecified atom stereocenters. The van der Waals surface area contributed by atoms with Crippen LogP contribution in [0.5, 0.6) is 5.75 Å². The van der Waals surface area contributed by atoms with Crippen LogP contribution in [-0.2, 0) is 4.74 Å². The fourth-order valence-electron chi connectivity index (χ4n) is 2.77. The predicted molar refractivity (Wildman–Crippen MR) is 83.4 cm³/mol. The molecule has 0 spiro atoms. The molecule has 6 heteroatoms. The zero-order valence-corrected chi connectivity index (χ0v) is 13.3. The van der Waals surface area contributed by atoms with Gasteiger partial charge in [-0.15, -0.1) is 0 Å². The predicted octanol–water partition coefficient (Wildman–Crippen LogP) is 2.29. The third-order valence-corrected chi connectivity index (χ3v) is 4.26. The van der Waals surface area contributed by atoms with Crippen LogP contribution in [0.2, 0.25) is 0 Å². The maximum atomic E-state index is 12.3. The van der Waals surface area contributed by atoms with Crippen molar-refractivity contribution in [3.8, 4) is 5.75 Å². The number of likely N-dealkylation sites (tertiary alicyclic amines) is 1. The molecular weight excluding hydrogens is 296 g/mol. The van der Waals surface area contributed by atoms with Crippen LogP contribution in [0.1, 0.15) is 22.5 Å². The molecule has 0 N–H and O–H groups in total. The molecule has 6 nitrogen and oxygen atoms in total. The Balaban J connectivity index is 1.66.